The molecule has 0 spiro atoms. The van der Waals surface area contributed by atoms with Gasteiger partial charge in [0.2, 0.25) is 0 Å². The molecular formula is C25H48O2. The summed E-state index contributed by atoms with van der Waals surface area (Å²) >= 11 is 0. The van der Waals surface area contributed by atoms with Gasteiger partial charge in [0.15, 0.2) is 6.29 Å². The smallest absolute Gasteiger partial charge is 0.157 e. The van der Waals surface area contributed by atoms with E-state index in [2.05, 4.69) is 20.4 Å². The molecule has 2 heteroatoms. The van der Waals surface area contributed by atoms with E-state index in [4.69, 9.17) is 9.47 Å². The van der Waals surface area contributed by atoms with Gasteiger partial charge in [-0.15, -0.1) is 6.58 Å². The van der Waals surface area contributed by atoms with E-state index in [1.807, 2.05) is 6.08 Å². The molecule has 1 fully saturated rings. The van der Waals surface area contributed by atoms with Crippen LogP contribution in [-0.2, 0) is 9.47 Å². The van der Waals surface area contributed by atoms with Crippen molar-refractivity contribution in [1.29, 1.82) is 0 Å². The van der Waals surface area contributed by atoms with Crippen molar-refractivity contribution in [3.63, 3.8) is 0 Å². The largest absolute Gasteiger partial charge is 0.353 e. The van der Waals surface area contributed by atoms with Crippen LogP contribution < -0.4 is 0 Å². The van der Waals surface area contributed by atoms with E-state index >= 15 is 0 Å². The van der Waals surface area contributed by atoms with Crippen molar-refractivity contribution in [3.05, 3.63) is 12.7 Å². The molecule has 1 heterocycles. The second kappa shape index (κ2) is 17.7. The molecule has 0 saturated carbocycles. The van der Waals surface area contributed by atoms with E-state index in [-0.39, 0.29) is 6.29 Å². The van der Waals surface area contributed by atoms with Crippen molar-refractivity contribution in [1.82, 2.24) is 0 Å². The molecule has 0 bridgehead atoms. The lowest BCUT2D eigenvalue weighted by molar-refractivity contribution is -0.168. The van der Waals surface area contributed by atoms with Crippen molar-refractivity contribution >= 4 is 0 Å². The molecule has 3 atom stereocenters. The van der Waals surface area contributed by atoms with E-state index in [0.29, 0.717) is 5.92 Å². The van der Waals surface area contributed by atoms with Gasteiger partial charge >= 0.3 is 0 Å². The van der Waals surface area contributed by atoms with Gasteiger partial charge in [-0.05, 0) is 50.4 Å². The fourth-order valence-corrected chi connectivity index (χ4v) is 4.00. The summed E-state index contributed by atoms with van der Waals surface area (Å²) in [6.45, 7) is 10.3. The highest BCUT2D eigenvalue weighted by atomic mass is 16.7. The number of allylic oxidation sites excluding steroid dienone is 1. The molecule has 0 aromatic carbocycles. The summed E-state index contributed by atoms with van der Waals surface area (Å²) in [5.41, 5.74) is 0. The van der Waals surface area contributed by atoms with E-state index in [0.717, 1.165) is 25.6 Å². The van der Waals surface area contributed by atoms with Crippen LogP contribution in [0.2, 0.25) is 0 Å². The zero-order chi connectivity index (χ0) is 19.6. The summed E-state index contributed by atoms with van der Waals surface area (Å²) in [6, 6.07) is 0. The highest BCUT2D eigenvalue weighted by molar-refractivity contribution is 4.65. The molecule has 1 saturated heterocycles. The Kier molecular flexibility index (Phi) is 16.2. The maximum Gasteiger partial charge on any atom is 0.157 e. The fraction of sp³-hybridized carbons (Fsp3) is 0.920. The Bertz CT molecular complexity index is 322. The normalized spacial score (nSPS) is 19.7. The predicted molar refractivity (Wildman–Crippen MR) is 118 cm³/mol. The SMILES string of the molecule is C=CCCCCCCCCCC[C@H](C)CCC[C@H](C)COC1CCCCO1. The summed E-state index contributed by atoms with van der Waals surface area (Å²) in [5, 5.41) is 0. The van der Waals surface area contributed by atoms with Gasteiger partial charge in [-0.3, -0.25) is 0 Å². The Balaban J connectivity index is 1.83. The van der Waals surface area contributed by atoms with Gasteiger partial charge in [-0.1, -0.05) is 84.1 Å². The van der Waals surface area contributed by atoms with E-state index in [1.165, 1.54) is 96.3 Å². The summed E-state index contributed by atoms with van der Waals surface area (Å²) in [4.78, 5) is 0. The predicted octanol–water partition coefficient (Wildman–Crippen LogP) is 8.06. The van der Waals surface area contributed by atoms with Crippen LogP contribution in [0.4, 0.5) is 0 Å². The molecule has 160 valence electrons. The van der Waals surface area contributed by atoms with Gasteiger partial charge in [0, 0.05) is 6.61 Å². The van der Waals surface area contributed by atoms with Gasteiger partial charge in [-0.2, -0.15) is 0 Å². The molecule has 0 aromatic heterocycles. The summed E-state index contributed by atoms with van der Waals surface area (Å²) in [7, 11) is 0. The van der Waals surface area contributed by atoms with Crippen molar-refractivity contribution in [2.45, 2.75) is 123 Å². The average Bonchev–Trinajstić information content (AvgIpc) is 2.68. The molecule has 0 aromatic rings. The molecule has 0 radical (unpaired) electrons. The van der Waals surface area contributed by atoms with E-state index in [9.17, 15) is 0 Å². The quantitative estimate of drug-likeness (QED) is 0.177. The first-order valence-corrected chi connectivity index (χ1v) is 12.1. The maximum atomic E-state index is 5.91. The molecule has 2 nitrogen and oxygen atoms in total. The van der Waals surface area contributed by atoms with Gasteiger partial charge in [-0.25, -0.2) is 0 Å². The standard InChI is InChI=1S/C25H48O2/c1-4-5-6-7-8-9-10-11-12-13-17-23(2)18-16-19-24(3)22-27-25-20-14-15-21-26-25/h4,23-25H,1,5-22H2,2-3H3/t23-,24-,25?/m0/s1. The zero-order valence-electron chi connectivity index (χ0n) is 18.6. The Hall–Kier alpha value is -0.340. The molecule has 1 unspecified atom stereocenters. The third kappa shape index (κ3) is 15.3. The van der Waals surface area contributed by atoms with E-state index < -0.39 is 0 Å². The van der Waals surface area contributed by atoms with Crippen LogP contribution in [0.25, 0.3) is 0 Å². The Morgan fingerprint density at radius 1 is 0.852 bits per heavy atom. The number of hydrogen-bond donors (Lipinski definition) is 0. The average molecular weight is 381 g/mol. The minimum absolute atomic E-state index is 0.0762. The zero-order valence-corrected chi connectivity index (χ0v) is 18.6. The van der Waals surface area contributed by atoms with Crippen molar-refractivity contribution in [2.75, 3.05) is 13.2 Å². The molecule has 0 aliphatic carbocycles. The second-order valence-corrected chi connectivity index (χ2v) is 8.97. The molecular weight excluding hydrogens is 332 g/mol. The number of hydrogen-bond acceptors (Lipinski definition) is 2. The lowest BCUT2D eigenvalue weighted by Crippen LogP contribution is -2.24. The van der Waals surface area contributed by atoms with Crippen LogP contribution in [0.5, 0.6) is 0 Å². The van der Waals surface area contributed by atoms with E-state index in [1.54, 1.807) is 0 Å². The monoisotopic (exact) mass is 380 g/mol. The van der Waals surface area contributed by atoms with Crippen LogP contribution in [0.15, 0.2) is 12.7 Å². The van der Waals surface area contributed by atoms with Crippen molar-refractivity contribution < 1.29 is 9.47 Å². The Labute approximate surface area is 170 Å². The third-order valence-corrected chi connectivity index (χ3v) is 5.95. The van der Waals surface area contributed by atoms with Crippen LogP contribution in [0, 0.1) is 11.8 Å². The highest BCUT2D eigenvalue weighted by Gasteiger charge is 2.15. The topological polar surface area (TPSA) is 18.5 Å². The molecule has 1 aliphatic rings. The van der Waals surface area contributed by atoms with Crippen LogP contribution in [0.1, 0.15) is 117 Å². The van der Waals surface area contributed by atoms with Crippen LogP contribution in [-0.4, -0.2) is 19.5 Å². The first kappa shape index (κ1) is 24.7. The minimum atomic E-state index is 0.0762. The lowest BCUT2D eigenvalue weighted by Gasteiger charge is -2.24. The summed E-state index contributed by atoms with van der Waals surface area (Å²) in [5.74, 6) is 1.55. The molecule has 0 amide bonds. The first-order valence-electron chi connectivity index (χ1n) is 12.1. The fourth-order valence-electron chi connectivity index (χ4n) is 4.00. The van der Waals surface area contributed by atoms with Gasteiger partial charge in [0.05, 0.1) is 6.61 Å². The number of unbranched alkanes of at least 4 members (excludes halogenated alkanes) is 8. The number of ether oxygens (including phenoxy) is 2. The Morgan fingerprint density at radius 3 is 2.15 bits per heavy atom. The molecule has 1 aliphatic heterocycles. The van der Waals surface area contributed by atoms with Crippen LogP contribution in [0.3, 0.4) is 0 Å². The summed E-state index contributed by atoms with van der Waals surface area (Å²) < 4.78 is 11.6. The highest BCUT2D eigenvalue weighted by Crippen LogP contribution is 2.20. The van der Waals surface area contributed by atoms with Crippen molar-refractivity contribution in [2.24, 2.45) is 11.8 Å². The minimum Gasteiger partial charge on any atom is -0.353 e. The van der Waals surface area contributed by atoms with Gasteiger partial charge in [0.25, 0.3) is 0 Å². The third-order valence-electron chi connectivity index (χ3n) is 5.95. The molecule has 27 heavy (non-hydrogen) atoms. The summed E-state index contributed by atoms with van der Waals surface area (Å²) in [6.07, 6.45) is 23.6. The van der Waals surface area contributed by atoms with Gasteiger partial charge < -0.3 is 9.47 Å². The van der Waals surface area contributed by atoms with Gasteiger partial charge in [0.1, 0.15) is 0 Å². The Morgan fingerprint density at radius 2 is 1.48 bits per heavy atom. The lowest BCUT2D eigenvalue weighted by atomic mass is 9.94. The number of rotatable bonds is 18. The van der Waals surface area contributed by atoms with Crippen molar-refractivity contribution in [3.8, 4) is 0 Å². The second-order valence-electron chi connectivity index (χ2n) is 8.97. The first-order chi connectivity index (χ1) is 13.2. The molecule has 1 rings (SSSR count). The van der Waals surface area contributed by atoms with Crippen LogP contribution >= 0.6 is 0 Å². The maximum absolute atomic E-state index is 5.91. The molecule has 0 N–H and O–H groups in total.